The van der Waals surface area contributed by atoms with E-state index >= 15 is 0 Å². The van der Waals surface area contributed by atoms with Crippen molar-refractivity contribution in [1.29, 1.82) is 0 Å². The molecule has 0 heterocycles. The highest BCUT2D eigenvalue weighted by atomic mass is 16.6. The summed E-state index contributed by atoms with van der Waals surface area (Å²) in [6.45, 7) is 6.40. The number of hydrogen-bond donors (Lipinski definition) is 0. The van der Waals surface area contributed by atoms with Crippen molar-refractivity contribution < 1.29 is 28.6 Å². The number of carbonyl (C=O) groups is 3. The van der Waals surface area contributed by atoms with Gasteiger partial charge in [0.05, 0.1) is 0 Å². The second kappa shape index (κ2) is 51.0. The number of ether oxygens (including phenoxy) is 3. The van der Waals surface area contributed by atoms with E-state index in [9.17, 15) is 14.4 Å². The highest BCUT2D eigenvalue weighted by molar-refractivity contribution is 5.71. The third-order valence-corrected chi connectivity index (χ3v) is 10.5. The van der Waals surface area contributed by atoms with Crippen molar-refractivity contribution >= 4 is 17.9 Å². The Balaban J connectivity index is 4.52. The van der Waals surface area contributed by atoms with Crippen LogP contribution in [0.3, 0.4) is 0 Å². The van der Waals surface area contributed by atoms with Crippen LogP contribution in [0.1, 0.15) is 226 Å². The molecule has 0 aliphatic carbocycles. The summed E-state index contributed by atoms with van der Waals surface area (Å²) in [7, 11) is 0. The summed E-state index contributed by atoms with van der Waals surface area (Å²) in [4.78, 5) is 38.0. The molecule has 0 aromatic rings. The van der Waals surface area contributed by atoms with E-state index in [1.54, 1.807) is 0 Å². The van der Waals surface area contributed by atoms with Crippen molar-refractivity contribution in [3.63, 3.8) is 0 Å². The summed E-state index contributed by atoms with van der Waals surface area (Å²) in [6, 6.07) is 0. The Morgan fingerprint density at radius 2 is 0.635 bits per heavy atom. The molecule has 6 nitrogen and oxygen atoms in total. The summed E-state index contributed by atoms with van der Waals surface area (Å²) in [5.41, 5.74) is 0. The fourth-order valence-electron chi connectivity index (χ4n) is 6.68. The monoisotopic (exact) mass is 875 g/mol. The molecule has 0 saturated carbocycles. The summed E-state index contributed by atoms with van der Waals surface area (Å²) >= 11 is 0. The van der Waals surface area contributed by atoms with E-state index in [2.05, 4.69) is 118 Å². The Morgan fingerprint density at radius 3 is 1.08 bits per heavy atom. The first kappa shape index (κ1) is 59.3. The van der Waals surface area contributed by atoms with E-state index in [4.69, 9.17) is 14.2 Å². The van der Waals surface area contributed by atoms with Crippen LogP contribution in [0.4, 0.5) is 0 Å². The number of esters is 3. The molecule has 358 valence electrons. The second-order valence-corrected chi connectivity index (χ2v) is 16.7. The zero-order valence-corrected chi connectivity index (χ0v) is 40.8. The molecular weight excluding hydrogens is 781 g/mol. The lowest BCUT2D eigenvalue weighted by Gasteiger charge is -2.18. The predicted octanol–water partition coefficient (Wildman–Crippen LogP) is 17.0. The Labute approximate surface area is 387 Å². The Bertz CT molecular complexity index is 1280. The summed E-state index contributed by atoms with van der Waals surface area (Å²) in [6.07, 6.45) is 66.7. The smallest absolute Gasteiger partial charge is 0.306 e. The fourth-order valence-corrected chi connectivity index (χ4v) is 6.68. The quantitative estimate of drug-likeness (QED) is 0.0262. The van der Waals surface area contributed by atoms with Gasteiger partial charge >= 0.3 is 17.9 Å². The van der Waals surface area contributed by atoms with Gasteiger partial charge in [-0.3, -0.25) is 14.4 Å². The van der Waals surface area contributed by atoms with Crippen LogP contribution in [0.2, 0.25) is 0 Å². The average molecular weight is 875 g/mol. The van der Waals surface area contributed by atoms with E-state index < -0.39 is 6.10 Å². The van der Waals surface area contributed by atoms with Crippen molar-refractivity contribution in [2.45, 2.75) is 232 Å². The largest absolute Gasteiger partial charge is 0.462 e. The molecule has 1 atom stereocenters. The van der Waals surface area contributed by atoms with E-state index in [1.165, 1.54) is 64.2 Å². The third kappa shape index (κ3) is 49.2. The highest BCUT2D eigenvalue weighted by Crippen LogP contribution is 2.13. The van der Waals surface area contributed by atoms with Crippen LogP contribution in [0, 0.1) is 0 Å². The topological polar surface area (TPSA) is 78.9 Å². The van der Waals surface area contributed by atoms with Crippen molar-refractivity contribution in [2.24, 2.45) is 0 Å². The summed E-state index contributed by atoms with van der Waals surface area (Å²) < 4.78 is 16.7. The standard InChI is InChI=1S/C57H94O6/c1-4-7-10-13-16-19-22-25-27-28-30-32-35-38-41-44-47-50-56(59)62-53-54(52-61-55(58)49-46-43-40-37-34-31-24-21-18-15-12-9-6-3)63-57(60)51-48-45-42-39-36-33-29-26-23-20-17-14-11-8-5-2/h7,10,16-17,19-21,24-27,29-30,32,38,41,54H,4-6,8-9,11-15,18,22-23,28,31,33-37,39-40,42-53H2,1-3H3/b10-7-,19-16-,20-17-,24-21-,27-25-,29-26-,32-30-,41-38-/t54-/m0/s1. The number of rotatable bonds is 45. The average Bonchev–Trinajstić information content (AvgIpc) is 3.28. The number of allylic oxidation sites excluding steroid dienone is 16. The molecule has 0 N–H and O–H groups in total. The van der Waals surface area contributed by atoms with Crippen molar-refractivity contribution in [1.82, 2.24) is 0 Å². The minimum absolute atomic E-state index is 0.106. The molecule has 0 saturated heterocycles. The number of unbranched alkanes of at least 4 members (excludes halogenated alkanes) is 18. The van der Waals surface area contributed by atoms with E-state index in [0.29, 0.717) is 19.3 Å². The first-order valence-corrected chi connectivity index (χ1v) is 25.7. The Kier molecular flexibility index (Phi) is 48.0. The molecule has 6 heteroatoms. The maximum atomic E-state index is 12.8. The first-order chi connectivity index (χ1) is 31.0. The van der Waals surface area contributed by atoms with E-state index in [0.717, 1.165) is 116 Å². The van der Waals surface area contributed by atoms with Crippen LogP contribution < -0.4 is 0 Å². The van der Waals surface area contributed by atoms with Gasteiger partial charge in [-0.2, -0.15) is 0 Å². The zero-order chi connectivity index (χ0) is 45.8. The minimum atomic E-state index is -0.811. The summed E-state index contributed by atoms with van der Waals surface area (Å²) in [5, 5.41) is 0. The molecule has 0 aromatic carbocycles. The molecule has 0 spiro atoms. The van der Waals surface area contributed by atoms with Crippen LogP contribution in [0.25, 0.3) is 0 Å². The van der Waals surface area contributed by atoms with Gasteiger partial charge in [-0.15, -0.1) is 0 Å². The SMILES string of the molecule is CC/C=C\C/C=C\C/C=C\C/C=C\C/C=C\CCCC(=O)OC[C@H](COC(=O)CCCCCCC/C=C\CCCCCC)OC(=O)CCCCCCC/C=C\C/C=C\CCCCC. The van der Waals surface area contributed by atoms with Gasteiger partial charge in [0.25, 0.3) is 0 Å². The normalized spacial score (nSPS) is 12.9. The molecule has 0 aliphatic heterocycles. The van der Waals surface area contributed by atoms with E-state index in [1.807, 2.05) is 0 Å². The summed E-state index contributed by atoms with van der Waals surface area (Å²) in [5.74, 6) is -0.993. The first-order valence-electron chi connectivity index (χ1n) is 25.7. The second-order valence-electron chi connectivity index (χ2n) is 16.7. The Morgan fingerprint density at radius 1 is 0.333 bits per heavy atom. The van der Waals surface area contributed by atoms with Gasteiger partial charge in [0, 0.05) is 19.3 Å². The fraction of sp³-hybridized carbons (Fsp3) is 0.667. The van der Waals surface area contributed by atoms with Crippen LogP contribution in [-0.2, 0) is 28.6 Å². The van der Waals surface area contributed by atoms with Gasteiger partial charge in [-0.1, -0.05) is 189 Å². The van der Waals surface area contributed by atoms with Crippen LogP contribution in [0.5, 0.6) is 0 Å². The minimum Gasteiger partial charge on any atom is -0.462 e. The molecule has 0 unspecified atom stereocenters. The highest BCUT2D eigenvalue weighted by Gasteiger charge is 2.19. The lowest BCUT2D eigenvalue weighted by molar-refractivity contribution is -0.167. The molecule has 0 radical (unpaired) electrons. The molecular formula is C57H94O6. The van der Waals surface area contributed by atoms with Crippen LogP contribution in [0.15, 0.2) is 97.2 Å². The zero-order valence-electron chi connectivity index (χ0n) is 40.8. The van der Waals surface area contributed by atoms with Crippen molar-refractivity contribution in [3.05, 3.63) is 97.2 Å². The van der Waals surface area contributed by atoms with Crippen molar-refractivity contribution in [3.8, 4) is 0 Å². The molecule has 0 fully saturated rings. The van der Waals surface area contributed by atoms with Crippen molar-refractivity contribution in [2.75, 3.05) is 13.2 Å². The number of carbonyl (C=O) groups excluding carboxylic acids is 3. The molecule has 0 amide bonds. The molecule has 0 aromatic heterocycles. The molecule has 0 aliphatic rings. The molecule has 0 bridgehead atoms. The maximum Gasteiger partial charge on any atom is 0.306 e. The lowest BCUT2D eigenvalue weighted by atomic mass is 10.1. The van der Waals surface area contributed by atoms with Gasteiger partial charge in [-0.25, -0.2) is 0 Å². The third-order valence-electron chi connectivity index (χ3n) is 10.5. The predicted molar refractivity (Wildman–Crippen MR) is 270 cm³/mol. The van der Waals surface area contributed by atoms with E-state index in [-0.39, 0.29) is 37.5 Å². The molecule has 0 rings (SSSR count). The number of hydrogen-bond acceptors (Lipinski definition) is 6. The lowest BCUT2D eigenvalue weighted by Crippen LogP contribution is -2.30. The Hall–Kier alpha value is -3.67. The molecule has 63 heavy (non-hydrogen) atoms. The van der Waals surface area contributed by atoms with Gasteiger partial charge < -0.3 is 14.2 Å². The van der Waals surface area contributed by atoms with Gasteiger partial charge in [0.1, 0.15) is 13.2 Å². The van der Waals surface area contributed by atoms with Crippen LogP contribution in [-0.4, -0.2) is 37.2 Å². The van der Waals surface area contributed by atoms with Gasteiger partial charge in [0.2, 0.25) is 0 Å². The van der Waals surface area contributed by atoms with Crippen LogP contribution >= 0.6 is 0 Å². The van der Waals surface area contributed by atoms with Gasteiger partial charge in [0.15, 0.2) is 6.10 Å². The maximum absolute atomic E-state index is 12.8. The van der Waals surface area contributed by atoms with Gasteiger partial charge in [-0.05, 0) is 116 Å².